The lowest BCUT2D eigenvalue weighted by molar-refractivity contribution is 0.195. The maximum absolute atomic E-state index is 13.1. The Morgan fingerprint density at radius 3 is 2.70 bits per heavy atom. The molecule has 1 aromatic carbocycles. The average Bonchev–Trinajstić information content (AvgIpc) is 2.45. The molecular formula is C17H27FN2. The Morgan fingerprint density at radius 1 is 1.30 bits per heavy atom. The second-order valence-electron chi connectivity index (χ2n) is 5.92. The summed E-state index contributed by atoms with van der Waals surface area (Å²) in [7, 11) is 0. The van der Waals surface area contributed by atoms with Gasteiger partial charge in [-0.3, -0.25) is 0 Å². The Balaban J connectivity index is 1.73. The third-order valence-corrected chi connectivity index (χ3v) is 4.30. The van der Waals surface area contributed by atoms with E-state index >= 15 is 0 Å². The Hall–Kier alpha value is -0.930. The first kappa shape index (κ1) is 15.5. The molecule has 0 unspecified atom stereocenters. The molecule has 112 valence electrons. The molecule has 2 nitrogen and oxygen atoms in total. The third-order valence-electron chi connectivity index (χ3n) is 4.30. The largest absolute Gasteiger partial charge is 0.310 e. The summed E-state index contributed by atoms with van der Waals surface area (Å²) in [6.07, 6.45) is 5.04. The molecule has 0 aliphatic carbocycles. The molecule has 1 aliphatic heterocycles. The van der Waals surface area contributed by atoms with Crippen LogP contribution in [0.25, 0.3) is 0 Å². The van der Waals surface area contributed by atoms with E-state index in [1.54, 1.807) is 12.1 Å². The molecule has 0 saturated carbocycles. The van der Waals surface area contributed by atoms with Crippen LogP contribution in [0.3, 0.4) is 0 Å². The zero-order valence-corrected chi connectivity index (χ0v) is 12.8. The van der Waals surface area contributed by atoms with Crippen molar-refractivity contribution in [3.05, 3.63) is 35.1 Å². The van der Waals surface area contributed by atoms with E-state index in [9.17, 15) is 4.39 Å². The number of halogens is 1. The van der Waals surface area contributed by atoms with Gasteiger partial charge in [0.05, 0.1) is 0 Å². The van der Waals surface area contributed by atoms with E-state index in [1.807, 2.05) is 13.0 Å². The van der Waals surface area contributed by atoms with Crippen molar-refractivity contribution in [1.82, 2.24) is 10.2 Å². The standard InChI is InChI=1S/C17H27FN2/c1-3-4-9-20-10-7-17(8-11-20)19-13-15-5-6-16(18)12-14(15)2/h5-6,12,17,19H,3-4,7-11,13H2,1-2H3. The fraction of sp³-hybridized carbons (Fsp3) is 0.647. The average molecular weight is 278 g/mol. The van der Waals surface area contributed by atoms with Crippen LogP contribution >= 0.6 is 0 Å². The van der Waals surface area contributed by atoms with Crippen molar-refractivity contribution >= 4 is 0 Å². The van der Waals surface area contributed by atoms with E-state index in [1.165, 1.54) is 50.9 Å². The van der Waals surface area contributed by atoms with Crippen molar-refractivity contribution in [3.63, 3.8) is 0 Å². The van der Waals surface area contributed by atoms with Crippen molar-refractivity contribution < 1.29 is 4.39 Å². The van der Waals surface area contributed by atoms with Gasteiger partial charge in [-0.15, -0.1) is 0 Å². The smallest absolute Gasteiger partial charge is 0.123 e. The SMILES string of the molecule is CCCCN1CCC(NCc2ccc(F)cc2C)CC1. The third kappa shape index (κ3) is 4.57. The van der Waals surface area contributed by atoms with Gasteiger partial charge in [0.1, 0.15) is 5.82 Å². The van der Waals surface area contributed by atoms with Crippen molar-refractivity contribution in [2.75, 3.05) is 19.6 Å². The van der Waals surface area contributed by atoms with Crippen LogP contribution in [0.5, 0.6) is 0 Å². The maximum atomic E-state index is 13.1. The van der Waals surface area contributed by atoms with Crippen LogP contribution in [-0.4, -0.2) is 30.6 Å². The number of hydrogen-bond donors (Lipinski definition) is 1. The van der Waals surface area contributed by atoms with Gasteiger partial charge in [-0.25, -0.2) is 4.39 Å². The van der Waals surface area contributed by atoms with Crippen LogP contribution in [0.4, 0.5) is 4.39 Å². The normalized spacial score (nSPS) is 17.6. The zero-order chi connectivity index (χ0) is 14.4. The van der Waals surface area contributed by atoms with Crippen LogP contribution in [0.15, 0.2) is 18.2 Å². The quantitative estimate of drug-likeness (QED) is 0.857. The topological polar surface area (TPSA) is 15.3 Å². The molecule has 3 heteroatoms. The molecule has 1 fully saturated rings. The molecule has 0 spiro atoms. The monoisotopic (exact) mass is 278 g/mol. The maximum Gasteiger partial charge on any atom is 0.123 e. The summed E-state index contributed by atoms with van der Waals surface area (Å²) in [6.45, 7) is 8.75. The Labute approximate surface area is 122 Å². The molecule has 0 atom stereocenters. The lowest BCUT2D eigenvalue weighted by Gasteiger charge is -2.32. The number of piperidine rings is 1. The van der Waals surface area contributed by atoms with Crippen molar-refractivity contribution in [2.45, 2.75) is 52.1 Å². The highest BCUT2D eigenvalue weighted by molar-refractivity contribution is 5.26. The summed E-state index contributed by atoms with van der Waals surface area (Å²) >= 11 is 0. The summed E-state index contributed by atoms with van der Waals surface area (Å²) in [5, 5.41) is 3.63. The summed E-state index contributed by atoms with van der Waals surface area (Å²) in [6, 6.07) is 5.67. The number of unbranched alkanes of at least 4 members (excludes halogenated alkanes) is 1. The predicted octanol–water partition coefficient (Wildman–Crippen LogP) is 3.49. The lowest BCUT2D eigenvalue weighted by Crippen LogP contribution is -2.42. The highest BCUT2D eigenvalue weighted by atomic mass is 19.1. The van der Waals surface area contributed by atoms with Crippen LogP contribution in [0.2, 0.25) is 0 Å². The molecular weight excluding hydrogens is 251 g/mol. The van der Waals surface area contributed by atoms with E-state index in [0.717, 1.165) is 12.1 Å². The van der Waals surface area contributed by atoms with E-state index < -0.39 is 0 Å². The molecule has 2 rings (SSSR count). The minimum atomic E-state index is -0.143. The van der Waals surface area contributed by atoms with Gasteiger partial charge in [-0.05, 0) is 69.1 Å². The van der Waals surface area contributed by atoms with Gasteiger partial charge in [-0.2, -0.15) is 0 Å². The molecule has 1 aliphatic rings. The molecule has 0 radical (unpaired) electrons. The highest BCUT2D eigenvalue weighted by Crippen LogP contribution is 2.14. The Morgan fingerprint density at radius 2 is 2.05 bits per heavy atom. The summed E-state index contributed by atoms with van der Waals surface area (Å²) in [5.74, 6) is -0.143. The first-order valence-corrected chi connectivity index (χ1v) is 7.90. The number of nitrogens with one attached hydrogen (secondary N) is 1. The fourth-order valence-corrected chi connectivity index (χ4v) is 2.85. The number of nitrogens with zero attached hydrogens (tertiary/aromatic N) is 1. The van der Waals surface area contributed by atoms with Gasteiger partial charge >= 0.3 is 0 Å². The van der Waals surface area contributed by atoms with E-state index in [2.05, 4.69) is 17.1 Å². The van der Waals surface area contributed by atoms with Crippen LogP contribution < -0.4 is 5.32 Å². The van der Waals surface area contributed by atoms with Gasteiger partial charge in [-0.1, -0.05) is 19.4 Å². The van der Waals surface area contributed by atoms with Crippen molar-refractivity contribution in [1.29, 1.82) is 0 Å². The second-order valence-corrected chi connectivity index (χ2v) is 5.92. The van der Waals surface area contributed by atoms with E-state index in [4.69, 9.17) is 0 Å². The lowest BCUT2D eigenvalue weighted by atomic mass is 10.0. The van der Waals surface area contributed by atoms with Crippen molar-refractivity contribution in [2.24, 2.45) is 0 Å². The van der Waals surface area contributed by atoms with Crippen LogP contribution in [0, 0.1) is 12.7 Å². The summed E-state index contributed by atoms with van der Waals surface area (Å²) in [5.41, 5.74) is 2.25. The molecule has 0 bridgehead atoms. The first-order valence-electron chi connectivity index (χ1n) is 7.90. The Bertz CT molecular complexity index is 411. The molecule has 1 aromatic rings. The van der Waals surface area contributed by atoms with Gasteiger partial charge in [0.15, 0.2) is 0 Å². The molecule has 0 aromatic heterocycles. The van der Waals surface area contributed by atoms with Crippen LogP contribution in [0.1, 0.15) is 43.7 Å². The number of benzene rings is 1. The van der Waals surface area contributed by atoms with Crippen molar-refractivity contribution in [3.8, 4) is 0 Å². The number of rotatable bonds is 6. The van der Waals surface area contributed by atoms with Gasteiger partial charge < -0.3 is 10.2 Å². The fourth-order valence-electron chi connectivity index (χ4n) is 2.85. The molecule has 1 N–H and O–H groups in total. The zero-order valence-electron chi connectivity index (χ0n) is 12.8. The summed E-state index contributed by atoms with van der Waals surface area (Å²) in [4.78, 5) is 2.57. The molecule has 20 heavy (non-hydrogen) atoms. The molecule has 1 saturated heterocycles. The van der Waals surface area contributed by atoms with E-state index in [-0.39, 0.29) is 5.82 Å². The van der Waals surface area contributed by atoms with Gasteiger partial charge in [0, 0.05) is 12.6 Å². The Kier molecular flexibility index (Phi) is 5.99. The van der Waals surface area contributed by atoms with E-state index in [0.29, 0.717) is 6.04 Å². The minimum Gasteiger partial charge on any atom is -0.310 e. The number of likely N-dealkylation sites (tertiary alicyclic amines) is 1. The molecule has 0 amide bonds. The minimum absolute atomic E-state index is 0.143. The molecule has 1 heterocycles. The number of hydrogen-bond acceptors (Lipinski definition) is 2. The van der Waals surface area contributed by atoms with Crippen LogP contribution in [-0.2, 0) is 6.54 Å². The second kappa shape index (κ2) is 7.75. The first-order chi connectivity index (χ1) is 9.69. The van der Waals surface area contributed by atoms with Gasteiger partial charge in [0.2, 0.25) is 0 Å². The number of aryl methyl sites for hydroxylation is 1. The van der Waals surface area contributed by atoms with Gasteiger partial charge in [0.25, 0.3) is 0 Å². The highest BCUT2D eigenvalue weighted by Gasteiger charge is 2.18. The predicted molar refractivity (Wildman–Crippen MR) is 82.3 cm³/mol. The summed E-state index contributed by atoms with van der Waals surface area (Å²) < 4.78 is 13.1.